The summed E-state index contributed by atoms with van der Waals surface area (Å²) in [6.07, 6.45) is 0.482. The first kappa shape index (κ1) is 19.9. The Bertz CT molecular complexity index is 695. The second-order valence-corrected chi connectivity index (χ2v) is 8.96. The van der Waals surface area contributed by atoms with Crippen LogP contribution in [0.4, 0.5) is 0 Å². The number of hydrogen-bond acceptors (Lipinski definition) is 4. The Hall–Kier alpha value is -1.44. The smallest absolute Gasteiger partial charge is 0.241 e. The summed E-state index contributed by atoms with van der Waals surface area (Å²) in [5.74, 6) is 0.0830. The molecule has 1 fully saturated rings. The van der Waals surface area contributed by atoms with Crippen molar-refractivity contribution in [1.29, 1.82) is 0 Å². The lowest BCUT2D eigenvalue weighted by atomic mass is 10.0. The molecule has 1 N–H and O–H groups in total. The zero-order valence-corrected chi connectivity index (χ0v) is 16.3. The topological polar surface area (TPSA) is 69.7 Å². The Morgan fingerprint density at radius 2 is 1.84 bits per heavy atom. The van der Waals surface area contributed by atoms with E-state index < -0.39 is 16.1 Å². The molecule has 1 aromatic rings. The lowest BCUT2D eigenvalue weighted by Crippen LogP contribution is -2.54. The minimum Gasteiger partial charge on any atom is -0.339 e. The largest absolute Gasteiger partial charge is 0.339 e. The molecule has 1 aliphatic rings. The van der Waals surface area contributed by atoms with Crippen LogP contribution in [0.3, 0.4) is 0 Å². The Balaban J connectivity index is 2.18. The predicted molar refractivity (Wildman–Crippen MR) is 98.8 cm³/mol. The van der Waals surface area contributed by atoms with Crippen LogP contribution in [0.25, 0.3) is 0 Å². The van der Waals surface area contributed by atoms with Gasteiger partial charge in [-0.25, -0.2) is 8.42 Å². The van der Waals surface area contributed by atoms with Gasteiger partial charge in [-0.3, -0.25) is 4.79 Å². The average Bonchev–Trinajstić information content (AvgIpc) is 2.53. The molecule has 6 nitrogen and oxygen atoms in total. The highest BCUT2D eigenvalue weighted by Gasteiger charge is 2.31. The van der Waals surface area contributed by atoms with Gasteiger partial charge >= 0.3 is 0 Å². The summed E-state index contributed by atoms with van der Waals surface area (Å²) in [6, 6.07) is 6.01. The van der Waals surface area contributed by atoms with Crippen LogP contribution in [0.2, 0.25) is 0 Å². The molecule has 1 heterocycles. The van der Waals surface area contributed by atoms with Crippen LogP contribution >= 0.6 is 0 Å². The van der Waals surface area contributed by atoms with E-state index >= 15 is 0 Å². The summed E-state index contributed by atoms with van der Waals surface area (Å²) in [6.45, 7) is 8.72. The third-order valence-electron chi connectivity index (χ3n) is 4.42. The number of nitrogens with one attached hydrogen (secondary N) is 1. The number of carbonyl (C=O) groups excluding carboxylic acids is 1. The molecule has 0 aliphatic carbocycles. The van der Waals surface area contributed by atoms with Gasteiger partial charge in [-0.15, -0.1) is 0 Å². The van der Waals surface area contributed by atoms with Crippen LogP contribution in [-0.2, 0) is 14.8 Å². The molecule has 140 valence electrons. The standard InChI is InChI=1S/C18H29N3O3S/c1-14(2)12-17(18(22)21-10-8-20(4)9-11-21)19-25(23,24)16-7-5-6-15(3)13-16/h5-7,13-14,17,19H,8-12H2,1-4H3/t17-/m1/s1. The van der Waals surface area contributed by atoms with Crippen molar-refractivity contribution in [3.63, 3.8) is 0 Å². The van der Waals surface area contributed by atoms with Crippen molar-refractivity contribution in [3.8, 4) is 0 Å². The number of rotatable bonds is 6. The minimum absolute atomic E-state index is 0.127. The molecule has 2 rings (SSSR count). The summed E-state index contributed by atoms with van der Waals surface area (Å²) in [4.78, 5) is 17.0. The van der Waals surface area contributed by atoms with Crippen molar-refractivity contribution in [2.24, 2.45) is 5.92 Å². The summed E-state index contributed by atoms with van der Waals surface area (Å²) < 4.78 is 28.1. The Labute approximate surface area is 151 Å². The number of piperazine rings is 1. The van der Waals surface area contributed by atoms with E-state index in [0.29, 0.717) is 19.5 Å². The van der Waals surface area contributed by atoms with Crippen molar-refractivity contribution >= 4 is 15.9 Å². The lowest BCUT2D eigenvalue weighted by Gasteiger charge is -2.35. The molecular weight excluding hydrogens is 338 g/mol. The molecule has 1 aromatic carbocycles. The molecule has 0 aromatic heterocycles. The summed E-state index contributed by atoms with van der Waals surface area (Å²) >= 11 is 0. The maximum Gasteiger partial charge on any atom is 0.241 e. The first-order chi connectivity index (χ1) is 11.7. The number of hydrogen-bond donors (Lipinski definition) is 1. The fourth-order valence-electron chi connectivity index (χ4n) is 2.96. The first-order valence-corrected chi connectivity index (χ1v) is 10.2. The molecule has 1 atom stereocenters. The van der Waals surface area contributed by atoms with E-state index in [1.165, 1.54) is 0 Å². The van der Waals surface area contributed by atoms with E-state index in [4.69, 9.17) is 0 Å². The maximum absolute atomic E-state index is 12.9. The maximum atomic E-state index is 12.9. The highest BCUT2D eigenvalue weighted by molar-refractivity contribution is 7.89. The van der Waals surface area contributed by atoms with Gasteiger partial charge in [0.05, 0.1) is 4.90 Å². The van der Waals surface area contributed by atoms with Crippen LogP contribution < -0.4 is 4.72 Å². The van der Waals surface area contributed by atoms with E-state index in [1.807, 2.05) is 33.9 Å². The monoisotopic (exact) mass is 367 g/mol. The van der Waals surface area contributed by atoms with Crippen LogP contribution in [-0.4, -0.2) is 63.4 Å². The number of aryl methyl sites for hydroxylation is 1. The van der Waals surface area contributed by atoms with Crippen LogP contribution in [0, 0.1) is 12.8 Å². The van der Waals surface area contributed by atoms with Gasteiger partial charge in [0.2, 0.25) is 15.9 Å². The van der Waals surface area contributed by atoms with Crippen molar-refractivity contribution in [2.45, 2.75) is 38.1 Å². The number of likely N-dealkylation sites (N-methyl/N-ethyl adjacent to an activating group) is 1. The molecule has 1 aliphatic heterocycles. The number of benzene rings is 1. The highest BCUT2D eigenvalue weighted by atomic mass is 32.2. The summed E-state index contributed by atoms with van der Waals surface area (Å²) in [5, 5.41) is 0. The second-order valence-electron chi connectivity index (χ2n) is 7.25. The predicted octanol–water partition coefficient (Wildman–Crippen LogP) is 1.46. The molecule has 0 spiro atoms. The van der Waals surface area contributed by atoms with Gasteiger partial charge in [0.25, 0.3) is 0 Å². The number of nitrogens with zero attached hydrogens (tertiary/aromatic N) is 2. The molecule has 25 heavy (non-hydrogen) atoms. The van der Waals surface area contributed by atoms with Gasteiger partial charge in [0.15, 0.2) is 0 Å². The Morgan fingerprint density at radius 3 is 2.40 bits per heavy atom. The third kappa shape index (κ3) is 5.52. The van der Waals surface area contributed by atoms with Crippen LogP contribution in [0.15, 0.2) is 29.2 Å². The lowest BCUT2D eigenvalue weighted by molar-refractivity contribution is -0.135. The van der Waals surface area contributed by atoms with E-state index in [2.05, 4.69) is 9.62 Å². The molecule has 1 amide bonds. The zero-order chi connectivity index (χ0) is 18.6. The van der Waals surface area contributed by atoms with Crippen LogP contribution in [0.1, 0.15) is 25.8 Å². The van der Waals surface area contributed by atoms with E-state index in [-0.39, 0.29) is 16.7 Å². The fraction of sp³-hybridized carbons (Fsp3) is 0.611. The molecule has 7 heteroatoms. The fourth-order valence-corrected chi connectivity index (χ4v) is 4.26. The summed E-state index contributed by atoms with van der Waals surface area (Å²) in [5.41, 5.74) is 0.869. The molecule has 0 radical (unpaired) electrons. The second kappa shape index (κ2) is 8.29. The SMILES string of the molecule is Cc1cccc(S(=O)(=O)N[C@H](CC(C)C)C(=O)N2CCN(C)CC2)c1. The van der Waals surface area contributed by atoms with E-state index in [9.17, 15) is 13.2 Å². The van der Waals surface area contributed by atoms with Crippen molar-refractivity contribution in [3.05, 3.63) is 29.8 Å². The van der Waals surface area contributed by atoms with Gasteiger partial charge in [0, 0.05) is 26.2 Å². The normalized spacial score (nSPS) is 17.7. The Morgan fingerprint density at radius 1 is 1.20 bits per heavy atom. The summed E-state index contributed by atoms with van der Waals surface area (Å²) in [7, 11) is -1.71. The van der Waals surface area contributed by atoms with Crippen LogP contribution in [0.5, 0.6) is 0 Å². The number of carbonyl (C=O) groups is 1. The van der Waals surface area contributed by atoms with Gasteiger partial charge in [-0.1, -0.05) is 26.0 Å². The molecule has 0 saturated carbocycles. The molecule has 0 unspecified atom stereocenters. The first-order valence-electron chi connectivity index (χ1n) is 8.75. The number of sulfonamides is 1. The number of amides is 1. The van der Waals surface area contributed by atoms with Crippen molar-refractivity contribution in [1.82, 2.24) is 14.5 Å². The van der Waals surface area contributed by atoms with Crippen molar-refractivity contribution < 1.29 is 13.2 Å². The third-order valence-corrected chi connectivity index (χ3v) is 5.89. The quantitative estimate of drug-likeness (QED) is 0.826. The van der Waals surface area contributed by atoms with Gasteiger partial charge in [-0.05, 0) is 44.0 Å². The van der Waals surface area contributed by atoms with Gasteiger partial charge in [-0.2, -0.15) is 4.72 Å². The molecule has 1 saturated heterocycles. The average molecular weight is 368 g/mol. The van der Waals surface area contributed by atoms with E-state index in [0.717, 1.165) is 18.7 Å². The van der Waals surface area contributed by atoms with Gasteiger partial charge in [0.1, 0.15) is 6.04 Å². The molecule has 0 bridgehead atoms. The van der Waals surface area contributed by atoms with Crippen molar-refractivity contribution in [2.75, 3.05) is 33.2 Å². The van der Waals surface area contributed by atoms with Gasteiger partial charge < -0.3 is 9.80 Å². The minimum atomic E-state index is -3.73. The van der Waals surface area contributed by atoms with E-state index in [1.54, 1.807) is 23.1 Å². The zero-order valence-electron chi connectivity index (χ0n) is 15.5. The molecular formula is C18H29N3O3S. The highest BCUT2D eigenvalue weighted by Crippen LogP contribution is 2.16. The Kier molecular flexibility index (Phi) is 6.59.